The average Bonchev–Trinajstić information content (AvgIpc) is 2.13. The first kappa shape index (κ1) is 11.4. The fourth-order valence-electron chi connectivity index (χ4n) is 1.50. The van der Waals surface area contributed by atoms with Gasteiger partial charge in [0, 0.05) is 7.11 Å². The van der Waals surface area contributed by atoms with Gasteiger partial charge in [0.15, 0.2) is 6.10 Å². The van der Waals surface area contributed by atoms with Gasteiger partial charge in [-0.3, -0.25) is 0 Å². The summed E-state index contributed by atoms with van der Waals surface area (Å²) in [5, 5.41) is 27.7. The molecule has 14 heavy (non-hydrogen) atoms. The second-order valence-electron chi connectivity index (χ2n) is 3.28. The van der Waals surface area contributed by atoms with Crippen molar-refractivity contribution in [3.8, 4) is 0 Å². The molecule has 0 aromatic heterocycles. The van der Waals surface area contributed by atoms with Crippen LogP contribution in [0.15, 0.2) is 0 Å². The maximum absolute atomic E-state index is 10.7. The zero-order chi connectivity index (χ0) is 10.9. The van der Waals surface area contributed by atoms with Crippen LogP contribution in [0.5, 0.6) is 0 Å². The molecule has 1 aliphatic heterocycles. The SMILES string of the molecule is CO[C@@H]1C(C(=O)O)O[C@@H](C)[C@@H](O)C1O. The number of aliphatic hydroxyl groups excluding tert-OH is 2. The van der Waals surface area contributed by atoms with Crippen LogP contribution in [0.2, 0.25) is 0 Å². The highest BCUT2D eigenvalue weighted by Crippen LogP contribution is 2.22. The lowest BCUT2D eigenvalue weighted by molar-refractivity contribution is -0.229. The molecule has 1 fully saturated rings. The normalized spacial score (nSPS) is 43.6. The molecule has 1 rings (SSSR count). The summed E-state index contributed by atoms with van der Waals surface area (Å²) in [4.78, 5) is 10.7. The highest BCUT2D eigenvalue weighted by atomic mass is 16.6. The number of carbonyl (C=O) groups is 1. The van der Waals surface area contributed by atoms with Crippen LogP contribution in [0.1, 0.15) is 6.92 Å². The Morgan fingerprint density at radius 1 is 1.36 bits per heavy atom. The maximum Gasteiger partial charge on any atom is 0.335 e. The average molecular weight is 206 g/mol. The van der Waals surface area contributed by atoms with Crippen LogP contribution in [0, 0.1) is 0 Å². The summed E-state index contributed by atoms with van der Waals surface area (Å²) in [6.45, 7) is 1.50. The molecule has 6 heteroatoms. The zero-order valence-corrected chi connectivity index (χ0v) is 7.95. The molecule has 0 aromatic carbocycles. The Hall–Kier alpha value is -0.690. The third-order valence-electron chi connectivity index (χ3n) is 2.34. The lowest BCUT2D eigenvalue weighted by Crippen LogP contribution is -2.59. The number of hydrogen-bond acceptors (Lipinski definition) is 5. The monoisotopic (exact) mass is 206 g/mol. The van der Waals surface area contributed by atoms with Crippen LogP contribution < -0.4 is 0 Å². The maximum atomic E-state index is 10.7. The number of carboxylic acid groups (broad SMARTS) is 1. The number of aliphatic hydroxyl groups is 2. The third kappa shape index (κ3) is 1.88. The van der Waals surface area contributed by atoms with Crippen LogP contribution in [0.3, 0.4) is 0 Å². The van der Waals surface area contributed by atoms with E-state index in [1.165, 1.54) is 14.0 Å². The molecule has 1 aliphatic rings. The molecular formula is C8H14O6. The Labute approximate surface area is 81.1 Å². The van der Waals surface area contributed by atoms with Crippen LogP contribution in [0.4, 0.5) is 0 Å². The Morgan fingerprint density at radius 2 is 1.93 bits per heavy atom. The smallest absolute Gasteiger partial charge is 0.335 e. The van der Waals surface area contributed by atoms with Crippen molar-refractivity contribution >= 4 is 5.97 Å². The van der Waals surface area contributed by atoms with Crippen LogP contribution in [-0.4, -0.2) is 58.9 Å². The molecular weight excluding hydrogens is 192 g/mol. The van der Waals surface area contributed by atoms with Gasteiger partial charge in [-0.2, -0.15) is 0 Å². The molecule has 5 atom stereocenters. The van der Waals surface area contributed by atoms with Crippen molar-refractivity contribution in [2.45, 2.75) is 37.4 Å². The van der Waals surface area contributed by atoms with E-state index in [1.807, 2.05) is 0 Å². The molecule has 0 aromatic rings. The summed E-state index contributed by atoms with van der Waals surface area (Å²) < 4.78 is 9.78. The van der Waals surface area contributed by atoms with Gasteiger partial charge < -0.3 is 24.8 Å². The second kappa shape index (κ2) is 4.22. The summed E-state index contributed by atoms with van der Waals surface area (Å²) in [5.74, 6) is -1.21. The number of aliphatic carboxylic acids is 1. The molecule has 0 amide bonds. The molecule has 3 N–H and O–H groups in total. The highest BCUT2D eigenvalue weighted by molar-refractivity contribution is 5.73. The first-order valence-corrected chi connectivity index (χ1v) is 4.26. The van der Waals surface area contributed by atoms with E-state index in [1.54, 1.807) is 0 Å². The summed E-state index contributed by atoms with van der Waals surface area (Å²) >= 11 is 0. The van der Waals surface area contributed by atoms with Crippen molar-refractivity contribution in [3.05, 3.63) is 0 Å². The number of carboxylic acids is 1. The van der Waals surface area contributed by atoms with Gasteiger partial charge in [0.25, 0.3) is 0 Å². The molecule has 0 bridgehead atoms. The van der Waals surface area contributed by atoms with E-state index in [4.69, 9.17) is 14.6 Å². The highest BCUT2D eigenvalue weighted by Gasteiger charge is 2.46. The van der Waals surface area contributed by atoms with E-state index in [9.17, 15) is 15.0 Å². The zero-order valence-electron chi connectivity index (χ0n) is 7.95. The van der Waals surface area contributed by atoms with Crippen molar-refractivity contribution < 1.29 is 29.6 Å². The van der Waals surface area contributed by atoms with Gasteiger partial charge in [-0.25, -0.2) is 4.79 Å². The minimum atomic E-state index is -1.25. The van der Waals surface area contributed by atoms with E-state index in [2.05, 4.69) is 0 Å². The van der Waals surface area contributed by atoms with Crippen molar-refractivity contribution in [3.63, 3.8) is 0 Å². The topological polar surface area (TPSA) is 96.2 Å². The molecule has 0 saturated carbocycles. The van der Waals surface area contributed by atoms with Gasteiger partial charge in [0.05, 0.1) is 6.10 Å². The molecule has 0 aliphatic carbocycles. The first-order chi connectivity index (χ1) is 6.49. The van der Waals surface area contributed by atoms with Crippen LogP contribution in [0.25, 0.3) is 0 Å². The Balaban J connectivity index is 2.82. The summed E-state index contributed by atoms with van der Waals surface area (Å²) in [7, 11) is 1.26. The van der Waals surface area contributed by atoms with E-state index < -0.39 is 36.5 Å². The third-order valence-corrected chi connectivity index (χ3v) is 2.34. The Bertz CT molecular complexity index is 218. The van der Waals surface area contributed by atoms with Crippen molar-refractivity contribution in [1.82, 2.24) is 0 Å². The number of ether oxygens (including phenoxy) is 2. The minimum Gasteiger partial charge on any atom is -0.479 e. The van der Waals surface area contributed by atoms with Crippen molar-refractivity contribution in [2.75, 3.05) is 7.11 Å². The van der Waals surface area contributed by atoms with Gasteiger partial charge in [-0.1, -0.05) is 0 Å². The van der Waals surface area contributed by atoms with Gasteiger partial charge in [-0.05, 0) is 6.92 Å². The largest absolute Gasteiger partial charge is 0.479 e. The number of methoxy groups -OCH3 is 1. The fraction of sp³-hybridized carbons (Fsp3) is 0.875. The van der Waals surface area contributed by atoms with E-state index in [0.717, 1.165) is 0 Å². The molecule has 82 valence electrons. The van der Waals surface area contributed by atoms with Crippen LogP contribution >= 0.6 is 0 Å². The Morgan fingerprint density at radius 3 is 2.36 bits per heavy atom. The summed E-state index contributed by atoms with van der Waals surface area (Å²) in [6, 6.07) is 0. The van der Waals surface area contributed by atoms with Gasteiger partial charge in [0.2, 0.25) is 0 Å². The lowest BCUT2D eigenvalue weighted by Gasteiger charge is -2.39. The van der Waals surface area contributed by atoms with Crippen LogP contribution in [-0.2, 0) is 14.3 Å². The molecule has 6 nitrogen and oxygen atoms in total. The van der Waals surface area contributed by atoms with Gasteiger partial charge >= 0.3 is 5.97 Å². The molecule has 1 heterocycles. The van der Waals surface area contributed by atoms with Gasteiger partial charge in [-0.15, -0.1) is 0 Å². The first-order valence-electron chi connectivity index (χ1n) is 4.26. The van der Waals surface area contributed by atoms with E-state index in [0.29, 0.717) is 0 Å². The number of rotatable bonds is 2. The van der Waals surface area contributed by atoms with Crippen molar-refractivity contribution in [2.24, 2.45) is 0 Å². The van der Waals surface area contributed by atoms with E-state index >= 15 is 0 Å². The molecule has 1 saturated heterocycles. The molecule has 2 unspecified atom stereocenters. The van der Waals surface area contributed by atoms with Gasteiger partial charge in [0.1, 0.15) is 18.3 Å². The predicted molar refractivity (Wildman–Crippen MR) is 44.8 cm³/mol. The lowest BCUT2D eigenvalue weighted by atomic mass is 9.95. The fourth-order valence-corrected chi connectivity index (χ4v) is 1.50. The predicted octanol–water partition coefficient (Wildman–Crippen LogP) is -1.40. The van der Waals surface area contributed by atoms with E-state index in [-0.39, 0.29) is 0 Å². The molecule has 0 radical (unpaired) electrons. The summed E-state index contributed by atoms with van der Waals surface area (Å²) in [6.07, 6.45) is -5.38. The second-order valence-corrected chi connectivity index (χ2v) is 3.28. The number of hydrogen-bond donors (Lipinski definition) is 3. The standard InChI is InChI=1S/C8H14O6/c1-3-4(9)5(10)6(13-2)7(14-3)8(11)12/h3-7,9-10H,1-2H3,(H,11,12)/t3-,4+,5?,6-,7?/m0/s1. The quantitative estimate of drug-likeness (QED) is 0.514. The summed E-state index contributed by atoms with van der Waals surface area (Å²) in [5.41, 5.74) is 0. The Kier molecular flexibility index (Phi) is 3.43. The molecule has 0 spiro atoms. The van der Waals surface area contributed by atoms with Crippen molar-refractivity contribution in [1.29, 1.82) is 0 Å². The minimum absolute atomic E-state index is 0.725.